The Morgan fingerprint density at radius 2 is 1.89 bits per heavy atom. The Hall–Kier alpha value is -1.55. The number of carbonyl (C=O) groups excluding carboxylic acids is 1. The Labute approximate surface area is 107 Å². The van der Waals surface area contributed by atoms with E-state index in [2.05, 4.69) is 5.32 Å². The molecular weight excluding hydrogens is 228 g/mol. The van der Waals surface area contributed by atoms with E-state index in [1.54, 1.807) is 0 Å². The predicted octanol–water partition coefficient (Wildman–Crippen LogP) is 1.75. The largest absolute Gasteiger partial charge is 0.393 e. The smallest absolute Gasteiger partial charge is 0.246 e. The van der Waals surface area contributed by atoms with Crippen molar-refractivity contribution in [2.24, 2.45) is 0 Å². The fourth-order valence-corrected chi connectivity index (χ4v) is 2.94. The lowest BCUT2D eigenvalue weighted by Gasteiger charge is -2.39. The van der Waals surface area contributed by atoms with Crippen LogP contribution in [0.1, 0.15) is 25.7 Å². The molecule has 96 valence electrons. The van der Waals surface area contributed by atoms with Crippen molar-refractivity contribution in [1.82, 2.24) is 0 Å². The molecule has 1 fully saturated rings. The summed E-state index contributed by atoms with van der Waals surface area (Å²) in [6.45, 7) is 0.371. The Balaban J connectivity index is 1.88. The minimum Gasteiger partial charge on any atom is -0.393 e. The van der Waals surface area contributed by atoms with Gasteiger partial charge in [-0.2, -0.15) is 0 Å². The van der Waals surface area contributed by atoms with E-state index in [-0.39, 0.29) is 18.1 Å². The van der Waals surface area contributed by atoms with E-state index >= 15 is 0 Å². The number of para-hydroxylation sites is 2. The van der Waals surface area contributed by atoms with Crippen LogP contribution in [-0.2, 0) is 4.79 Å². The zero-order valence-corrected chi connectivity index (χ0v) is 10.3. The molecule has 2 N–H and O–H groups in total. The molecule has 1 aromatic rings. The SMILES string of the molecule is O=C1CNc2ccccc2N1C1CCC(O)CC1. The summed E-state index contributed by atoms with van der Waals surface area (Å²) in [4.78, 5) is 14.1. The lowest BCUT2D eigenvalue weighted by molar-refractivity contribution is -0.117. The maximum absolute atomic E-state index is 12.1. The lowest BCUT2D eigenvalue weighted by atomic mass is 9.91. The zero-order chi connectivity index (χ0) is 12.5. The Bertz CT molecular complexity index is 453. The number of hydrogen-bond donors (Lipinski definition) is 2. The lowest BCUT2D eigenvalue weighted by Crippen LogP contribution is -2.48. The molecule has 0 bridgehead atoms. The van der Waals surface area contributed by atoms with Crippen molar-refractivity contribution in [1.29, 1.82) is 0 Å². The van der Waals surface area contributed by atoms with Gasteiger partial charge >= 0.3 is 0 Å². The molecule has 1 aliphatic carbocycles. The number of rotatable bonds is 1. The summed E-state index contributed by atoms with van der Waals surface area (Å²) in [5, 5.41) is 12.7. The summed E-state index contributed by atoms with van der Waals surface area (Å²) in [6.07, 6.45) is 3.19. The summed E-state index contributed by atoms with van der Waals surface area (Å²) in [6, 6.07) is 8.18. The molecule has 2 aliphatic rings. The molecule has 0 unspecified atom stereocenters. The van der Waals surface area contributed by atoms with Gasteiger partial charge in [-0.1, -0.05) is 12.1 Å². The fraction of sp³-hybridized carbons (Fsp3) is 0.500. The molecule has 0 radical (unpaired) electrons. The second-order valence-corrected chi connectivity index (χ2v) is 5.10. The first-order valence-corrected chi connectivity index (χ1v) is 6.59. The van der Waals surface area contributed by atoms with Crippen LogP contribution in [0.2, 0.25) is 0 Å². The van der Waals surface area contributed by atoms with Crippen molar-refractivity contribution in [2.75, 3.05) is 16.8 Å². The predicted molar refractivity (Wildman–Crippen MR) is 70.7 cm³/mol. The first kappa shape index (κ1) is 11.5. The van der Waals surface area contributed by atoms with E-state index in [1.165, 1.54) is 0 Å². The van der Waals surface area contributed by atoms with Gasteiger partial charge in [-0.15, -0.1) is 0 Å². The Morgan fingerprint density at radius 1 is 1.17 bits per heavy atom. The third-order valence-corrected chi connectivity index (χ3v) is 3.89. The van der Waals surface area contributed by atoms with Crippen molar-refractivity contribution in [3.8, 4) is 0 Å². The van der Waals surface area contributed by atoms with Gasteiger partial charge in [0.25, 0.3) is 0 Å². The second kappa shape index (κ2) is 4.61. The molecule has 0 saturated heterocycles. The highest BCUT2D eigenvalue weighted by molar-refractivity contribution is 6.03. The molecule has 1 aromatic carbocycles. The molecule has 1 saturated carbocycles. The monoisotopic (exact) mass is 246 g/mol. The second-order valence-electron chi connectivity index (χ2n) is 5.10. The van der Waals surface area contributed by atoms with E-state index in [0.717, 1.165) is 37.1 Å². The number of fused-ring (bicyclic) bond motifs is 1. The van der Waals surface area contributed by atoms with Gasteiger partial charge in [0.05, 0.1) is 24.0 Å². The first-order valence-electron chi connectivity index (χ1n) is 6.59. The molecule has 1 aliphatic heterocycles. The molecule has 0 atom stereocenters. The van der Waals surface area contributed by atoms with Crippen LogP contribution >= 0.6 is 0 Å². The Kier molecular flexibility index (Phi) is 2.96. The molecule has 0 aromatic heterocycles. The van der Waals surface area contributed by atoms with Gasteiger partial charge in [0.2, 0.25) is 5.91 Å². The van der Waals surface area contributed by atoms with Crippen LogP contribution in [0, 0.1) is 0 Å². The number of nitrogens with one attached hydrogen (secondary N) is 1. The number of anilines is 2. The van der Waals surface area contributed by atoms with Crippen LogP contribution in [0.3, 0.4) is 0 Å². The third-order valence-electron chi connectivity index (χ3n) is 3.89. The number of nitrogens with zero attached hydrogens (tertiary/aromatic N) is 1. The van der Waals surface area contributed by atoms with Gasteiger partial charge in [-0.05, 0) is 37.8 Å². The number of hydrogen-bond acceptors (Lipinski definition) is 3. The maximum Gasteiger partial charge on any atom is 0.246 e. The van der Waals surface area contributed by atoms with Crippen molar-refractivity contribution >= 4 is 17.3 Å². The van der Waals surface area contributed by atoms with Crippen LogP contribution in [0.5, 0.6) is 0 Å². The molecule has 4 nitrogen and oxygen atoms in total. The molecule has 0 spiro atoms. The van der Waals surface area contributed by atoms with Gasteiger partial charge in [0, 0.05) is 6.04 Å². The molecule has 1 amide bonds. The molecule has 3 rings (SSSR count). The summed E-state index contributed by atoms with van der Waals surface area (Å²) in [5.74, 6) is 0.134. The van der Waals surface area contributed by atoms with Gasteiger partial charge in [-0.25, -0.2) is 0 Å². The molecular formula is C14H18N2O2. The van der Waals surface area contributed by atoms with Gasteiger partial charge in [-0.3, -0.25) is 4.79 Å². The zero-order valence-electron chi connectivity index (χ0n) is 10.3. The molecule has 4 heteroatoms. The number of carbonyl (C=O) groups is 1. The number of benzene rings is 1. The quantitative estimate of drug-likeness (QED) is 0.793. The van der Waals surface area contributed by atoms with Crippen LogP contribution < -0.4 is 10.2 Å². The standard InChI is InChI=1S/C14H18N2O2/c17-11-7-5-10(6-8-11)16-13-4-2-1-3-12(13)15-9-14(16)18/h1-4,10-11,15,17H,5-9H2. The molecule has 1 heterocycles. The minimum absolute atomic E-state index is 0.134. The van der Waals surface area contributed by atoms with E-state index < -0.39 is 0 Å². The van der Waals surface area contributed by atoms with Crippen LogP contribution in [0.15, 0.2) is 24.3 Å². The summed E-state index contributed by atoms with van der Waals surface area (Å²) in [7, 11) is 0. The summed E-state index contributed by atoms with van der Waals surface area (Å²) < 4.78 is 0. The third kappa shape index (κ3) is 1.97. The van der Waals surface area contributed by atoms with Crippen molar-refractivity contribution < 1.29 is 9.90 Å². The highest BCUT2D eigenvalue weighted by Crippen LogP contribution is 2.34. The topological polar surface area (TPSA) is 52.6 Å². The highest BCUT2D eigenvalue weighted by atomic mass is 16.3. The highest BCUT2D eigenvalue weighted by Gasteiger charge is 2.32. The first-order chi connectivity index (χ1) is 8.75. The van der Waals surface area contributed by atoms with Gasteiger partial charge < -0.3 is 15.3 Å². The van der Waals surface area contributed by atoms with Gasteiger partial charge in [0.15, 0.2) is 0 Å². The van der Waals surface area contributed by atoms with Crippen LogP contribution in [0.25, 0.3) is 0 Å². The van der Waals surface area contributed by atoms with Crippen molar-refractivity contribution in [2.45, 2.75) is 37.8 Å². The average molecular weight is 246 g/mol. The van der Waals surface area contributed by atoms with Crippen molar-refractivity contribution in [3.05, 3.63) is 24.3 Å². The van der Waals surface area contributed by atoms with Crippen LogP contribution in [0.4, 0.5) is 11.4 Å². The average Bonchev–Trinajstić information content (AvgIpc) is 2.40. The molecule has 18 heavy (non-hydrogen) atoms. The van der Waals surface area contributed by atoms with Crippen molar-refractivity contribution in [3.63, 3.8) is 0 Å². The summed E-state index contributed by atoms with van der Waals surface area (Å²) in [5.41, 5.74) is 2.01. The fourth-order valence-electron chi connectivity index (χ4n) is 2.94. The summed E-state index contributed by atoms with van der Waals surface area (Å²) >= 11 is 0. The van der Waals surface area contributed by atoms with Gasteiger partial charge in [0.1, 0.15) is 0 Å². The maximum atomic E-state index is 12.1. The minimum atomic E-state index is -0.186. The van der Waals surface area contributed by atoms with E-state index in [4.69, 9.17) is 0 Å². The number of aliphatic hydroxyl groups is 1. The van der Waals surface area contributed by atoms with E-state index in [9.17, 15) is 9.90 Å². The van der Waals surface area contributed by atoms with E-state index in [0.29, 0.717) is 6.54 Å². The Morgan fingerprint density at radius 3 is 2.67 bits per heavy atom. The number of amides is 1. The number of aliphatic hydroxyl groups excluding tert-OH is 1. The normalized spacial score (nSPS) is 27.6. The van der Waals surface area contributed by atoms with E-state index in [1.807, 2.05) is 29.2 Å². The van der Waals surface area contributed by atoms with Crippen LogP contribution in [-0.4, -0.2) is 29.7 Å².